The minimum atomic E-state index is -0.363. The molecule has 5 nitrogen and oxygen atoms in total. The maximum atomic E-state index is 12.0. The van der Waals surface area contributed by atoms with Gasteiger partial charge in [-0.3, -0.25) is 4.79 Å². The van der Waals surface area contributed by atoms with Crippen molar-refractivity contribution >= 4 is 23.1 Å². The number of para-hydroxylation sites is 1. The van der Waals surface area contributed by atoms with Gasteiger partial charge >= 0.3 is 0 Å². The number of benzene rings is 1. The molecule has 1 aromatic heterocycles. The number of anilines is 3. The number of rotatable bonds is 3. The van der Waals surface area contributed by atoms with E-state index in [9.17, 15) is 4.79 Å². The van der Waals surface area contributed by atoms with Crippen LogP contribution in [0.15, 0.2) is 42.6 Å². The highest BCUT2D eigenvalue weighted by Crippen LogP contribution is 2.32. The fourth-order valence-electron chi connectivity index (χ4n) is 2.25. The second-order valence-corrected chi connectivity index (χ2v) is 4.95. The minimum Gasteiger partial charge on any atom is -0.369 e. The van der Waals surface area contributed by atoms with E-state index in [1.54, 1.807) is 6.20 Å². The summed E-state index contributed by atoms with van der Waals surface area (Å²) < 4.78 is 0. The Morgan fingerprint density at radius 1 is 1.20 bits per heavy atom. The van der Waals surface area contributed by atoms with Crippen molar-refractivity contribution in [3.63, 3.8) is 0 Å². The topological polar surface area (TPSA) is 57.3 Å². The standard InChI is InChI=1S/C15H16N4O/c1-19(2)13-8-7-10(9-16-13)17-14-11-5-3-4-6-12(11)18-15(14)20/h3-9,14,17H,1-2H3,(H,18,20). The first-order valence-electron chi connectivity index (χ1n) is 6.45. The molecule has 0 fully saturated rings. The van der Waals surface area contributed by atoms with Crippen LogP contribution in [0.4, 0.5) is 17.2 Å². The molecule has 5 heteroatoms. The van der Waals surface area contributed by atoms with E-state index >= 15 is 0 Å². The van der Waals surface area contributed by atoms with E-state index in [-0.39, 0.29) is 11.9 Å². The Morgan fingerprint density at radius 3 is 2.70 bits per heavy atom. The van der Waals surface area contributed by atoms with Gasteiger partial charge in [-0.25, -0.2) is 4.98 Å². The number of amides is 1. The fourth-order valence-corrected chi connectivity index (χ4v) is 2.25. The number of carbonyl (C=O) groups excluding carboxylic acids is 1. The molecule has 0 saturated carbocycles. The van der Waals surface area contributed by atoms with Crippen LogP contribution in [0, 0.1) is 0 Å². The number of hydrogen-bond donors (Lipinski definition) is 2. The summed E-state index contributed by atoms with van der Waals surface area (Å²) in [5, 5.41) is 6.09. The molecule has 2 aromatic rings. The van der Waals surface area contributed by atoms with E-state index in [1.807, 2.05) is 55.4 Å². The van der Waals surface area contributed by atoms with Gasteiger partial charge in [0, 0.05) is 25.3 Å². The Morgan fingerprint density at radius 2 is 2.00 bits per heavy atom. The number of aromatic nitrogens is 1. The van der Waals surface area contributed by atoms with Crippen LogP contribution in [-0.2, 0) is 4.79 Å². The third-order valence-corrected chi connectivity index (χ3v) is 3.31. The van der Waals surface area contributed by atoms with Gasteiger partial charge in [0.2, 0.25) is 0 Å². The summed E-state index contributed by atoms with van der Waals surface area (Å²) in [6, 6.07) is 11.2. The van der Waals surface area contributed by atoms with Crippen molar-refractivity contribution in [2.75, 3.05) is 29.6 Å². The summed E-state index contributed by atoms with van der Waals surface area (Å²) in [4.78, 5) is 18.3. The van der Waals surface area contributed by atoms with Crippen LogP contribution < -0.4 is 15.5 Å². The molecule has 1 aromatic carbocycles. The molecular formula is C15H16N4O. The predicted molar refractivity (Wildman–Crippen MR) is 80.0 cm³/mol. The van der Waals surface area contributed by atoms with Gasteiger partial charge in [-0.1, -0.05) is 18.2 Å². The molecule has 1 atom stereocenters. The van der Waals surface area contributed by atoms with Crippen LogP contribution in [0.3, 0.4) is 0 Å². The molecule has 1 amide bonds. The van der Waals surface area contributed by atoms with Gasteiger partial charge in [-0.05, 0) is 18.2 Å². The van der Waals surface area contributed by atoms with Gasteiger partial charge in [0.25, 0.3) is 5.91 Å². The van der Waals surface area contributed by atoms with Crippen molar-refractivity contribution in [1.82, 2.24) is 4.98 Å². The zero-order valence-corrected chi connectivity index (χ0v) is 11.4. The molecule has 2 N–H and O–H groups in total. The van der Waals surface area contributed by atoms with Crippen molar-refractivity contribution < 1.29 is 4.79 Å². The predicted octanol–water partition coefficient (Wildman–Crippen LogP) is 2.25. The SMILES string of the molecule is CN(C)c1ccc(NC2C(=O)Nc3ccccc32)cn1. The molecule has 102 valence electrons. The summed E-state index contributed by atoms with van der Waals surface area (Å²) >= 11 is 0. The van der Waals surface area contributed by atoms with E-state index < -0.39 is 0 Å². The van der Waals surface area contributed by atoms with E-state index in [1.165, 1.54) is 0 Å². The van der Waals surface area contributed by atoms with Crippen LogP contribution in [0.25, 0.3) is 0 Å². The van der Waals surface area contributed by atoms with Crippen LogP contribution in [0.5, 0.6) is 0 Å². The highest BCUT2D eigenvalue weighted by atomic mass is 16.2. The average Bonchev–Trinajstić information content (AvgIpc) is 2.76. The molecule has 2 heterocycles. The van der Waals surface area contributed by atoms with Crippen LogP contribution in [-0.4, -0.2) is 25.0 Å². The number of carbonyl (C=O) groups is 1. The molecule has 1 aliphatic heterocycles. The Balaban J connectivity index is 1.83. The summed E-state index contributed by atoms with van der Waals surface area (Å²) in [6.45, 7) is 0. The molecular weight excluding hydrogens is 252 g/mol. The normalized spacial score (nSPS) is 16.5. The maximum Gasteiger partial charge on any atom is 0.251 e. The van der Waals surface area contributed by atoms with E-state index in [2.05, 4.69) is 15.6 Å². The molecule has 0 radical (unpaired) electrons. The first kappa shape index (κ1) is 12.5. The Bertz CT molecular complexity index is 637. The van der Waals surface area contributed by atoms with Crippen molar-refractivity contribution in [2.45, 2.75) is 6.04 Å². The molecule has 3 rings (SSSR count). The summed E-state index contributed by atoms with van der Waals surface area (Å²) in [6.07, 6.45) is 1.74. The summed E-state index contributed by atoms with van der Waals surface area (Å²) in [5.74, 6) is 0.842. The molecule has 1 unspecified atom stereocenters. The molecule has 20 heavy (non-hydrogen) atoms. The average molecular weight is 268 g/mol. The second kappa shape index (κ2) is 4.85. The van der Waals surface area contributed by atoms with Gasteiger partial charge in [-0.2, -0.15) is 0 Å². The molecule has 0 saturated heterocycles. The zero-order valence-electron chi connectivity index (χ0n) is 11.4. The summed E-state index contributed by atoms with van der Waals surface area (Å²) in [7, 11) is 3.88. The maximum absolute atomic E-state index is 12.0. The molecule has 0 spiro atoms. The van der Waals surface area contributed by atoms with Crippen molar-refractivity contribution in [3.8, 4) is 0 Å². The second-order valence-electron chi connectivity index (χ2n) is 4.95. The van der Waals surface area contributed by atoms with Gasteiger partial charge < -0.3 is 15.5 Å². The van der Waals surface area contributed by atoms with Crippen molar-refractivity contribution in [1.29, 1.82) is 0 Å². The minimum absolute atomic E-state index is 0.0390. The highest BCUT2D eigenvalue weighted by molar-refractivity contribution is 6.04. The van der Waals surface area contributed by atoms with Crippen LogP contribution in [0.1, 0.15) is 11.6 Å². The van der Waals surface area contributed by atoms with Gasteiger partial charge in [0.15, 0.2) is 0 Å². The molecule has 1 aliphatic rings. The van der Waals surface area contributed by atoms with Crippen LogP contribution in [0.2, 0.25) is 0 Å². The van der Waals surface area contributed by atoms with Gasteiger partial charge in [0.1, 0.15) is 11.9 Å². The lowest BCUT2D eigenvalue weighted by atomic mass is 10.1. The lowest BCUT2D eigenvalue weighted by Gasteiger charge is -2.15. The first-order chi connectivity index (χ1) is 9.65. The molecule has 0 bridgehead atoms. The van der Waals surface area contributed by atoms with E-state index in [0.717, 1.165) is 22.8 Å². The molecule has 0 aliphatic carbocycles. The fraction of sp³-hybridized carbons (Fsp3) is 0.200. The number of fused-ring (bicyclic) bond motifs is 1. The van der Waals surface area contributed by atoms with Gasteiger partial charge in [-0.15, -0.1) is 0 Å². The van der Waals surface area contributed by atoms with Gasteiger partial charge in [0.05, 0.1) is 11.9 Å². The number of hydrogen-bond acceptors (Lipinski definition) is 4. The monoisotopic (exact) mass is 268 g/mol. The number of nitrogens with zero attached hydrogens (tertiary/aromatic N) is 2. The smallest absolute Gasteiger partial charge is 0.251 e. The summed E-state index contributed by atoms with van der Waals surface area (Å²) in [5.41, 5.74) is 2.66. The van der Waals surface area contributed by atoms with Crippen LogP contribution >= 0.6 is 0 Å². The van der Waals surface area contributed by atoms with Crippen molar-refractivity contribution in [2.24, 2.45) is 0 Å². The lowest BCUT2D eigenvalue weighted by Crippen LogP contribution is -2.20. The first-order valence-corrected chi connectivity index (χ1v) is 6.45. The third-order valence-electron chi connectivity index (χ3n) is 3.31. The number of nitrogens with one attached hydrogen (secondary N) is 2. The van der Waals surface area contributed by atoms with E-state index in [4.69, 9.17) is 0 Å². The van der Waals surface area contributed by atoms with Crippen molar-refractivity contribution in [3.05, 3.63) is 48.2 Å². The Hall–Kier alpha value is -2.56. The Labute approximate surface area is 117 Å². The Kier molecular flexibility index (Phi) is 3.02. The van der Waals surface area contributed by atoms with E-state index in [0.29, 0.717) is 0 Å². The largest absolute Gasteiger partial charge is 0.369 e. The lowest BCUT2D eigenvalue weighted by molar-refractivity contribution is -0.116. The quantitative estimate of drug-likeness (QED) is 0.896. The highest BCUT2D eigenvalue weighted by Gasteiger charge is 2.29. The third kappa shape index (κ3) is 2.18. The zero-order chi connectivity index (χ0) is 14.1. The number of pyridine rings is 1.